The van der Waals surface area contributed by atoms with Gasteiger partial charge in [-0.1, -0.05) is 13.8 Å². The summed E-state index contributed by atoms with van der Waals surface area (Å²) >= 11 is 0. The van der Waals surface area contributed by atoms with Gasteiger partial charge in [-0.15, -0.1) is 0 Å². The lowest BCUT2D eigenvalue weighted by Gasteiger charge is -2.40. The molecule has 14 heavy (non-hydrogen) atoms. The van der Waals surface area contributed by atoms with Crippen LogP contribution in [0.25, 0.3) is 0 Å². The van der Waals surface area contributed by atoms with Gasteiger partial charge >= 0.3 is 0 Å². The Hall–Kier alpha value is -0.610. The number of aliphatic hydroxyl groups excluding tert-OH is 1. The van der Waals surface area contributed by atoms with Gasteiger partial charge in [-0.25, -0.2) is 0 Å². The Bertz CT molecular complexity index is 206. The Balaban J connectivity index is 2.60. The molecule has 2 N–H and O–H groups in total. The molecule has 1 saturated heterocycles. The van der Waals surface area contributed by atoms with Gasteiger partial charge in [0.15, 0.2) is 0 Å². The second kappa shape index (κ2) is 4.75. The van der Waals surface area contributed by atoms with Crippen LogP contribution in [0.2, 0.25) is 0 Å². The zero-order valence-electron chi connectivity index (χ0n) is 9.16. The summed E-state index contributed by atoms with van der Waals surface area (Å²) in [5.41, 5.74) is 0. The maximum atomic E-state index is 8.99. The number of morpholine rings is 1. The summed E-state index contributed by atoms with van der Waals surface area (Å²) in [7, 11) is 0. The monoisotopic (exact) mass is 200 g/mol. The number of rotatable bonds is 2. The van der Waals surface area contributed by atoms with Crippen molar-refractivity contribution in [2.45, 2.75) is 32.9 Å². The van der Waals surface area contributed by atoms with E-state index in [1.807, 2.05) is 25.7 Å². The molecule has 0 spiro atoms. The third kappa shape index (κ3) is 2.45. The van der Waals surface area contributed by atoms with Crippen LogP contribution >= 0.6 is 0 Å². The Morgan fingerprint density at radius 1 is 1.64 bits per heavy atom. The van der Waals surface area contributed by atoms with Crippen molar-refractivity contribution >= 4 is 5.84 Å². The van der Waals surface area contributed by atoms with Gasteiger partial charge in [0.2, 0.25) is 0 Å². The van der Waals surface area contributed by atoms with E-state index in [0.29, 0.717) is 19.0 Å². The van der Waals surface area contributed by atoms with Gasteiger partial charge in [-0.05, 0) is 6.92 Å². The molecule has 1 aliphatic rings. The third-order valence-corrected chi connectivity index (χ3v) is 2.57. The molecule has 2 atom stereocenters. The molecule has 0 aromatic carbocycles. The number of ether oxygens (including phenoxy) is 1. The molecule has 0 aromatic rings. The molecule has 0 aliphatic carbocycles. The van der Waals surface area contributed by atoms with E-state index < -0.39 is 0 Å². The van der Waals surface area contributed by atoms with Crippen molar-refractivity contribution < 1.29 is 9.84 Å². The summed E-state index contributed by atoms with van der Waals surface area (Å²) in [6.45, 7) is 7.34. The van der Waals surface area contributed by atoms with E-state index in [9.17, 15) is 0 Å². The van der Waals surface area contributed by atoms with Crippen molar-refractivity contribution in [3.8, 4) is 0 Å². The van der Waals surface area contributed by atoms with Gasteiger partial charge < -0.3 is 14.7 Å². The largest absolute Gasteiger partial charge is 0.394 e. The van der Waals surface area contributed by atoms with Gasteiger partial charge in [0, 0.05) is 12.5 Å². The molecule has 4 nitrogen and oxygen atoms in total. The van der Waals surface area contributed by atoms with Crippen LogP contribution in [0.5, 0.6) is 0 Å². The first-order valence-corrected chi connectivity index (χ1v) is 5.13. The topological polar surface area (TPSA) is 56.6 Å². The van der Waals surface area contributed by atoms with E-state index in [-0.39, 0.29) is 24.7 Å². The number of nitrogens with one attached hydrogen (secondary N) is 1. The summed E-state index contributed by atoms with van der Waals surface area (Å²) in [6.07, 6.45) is -0.134. The highest BCUT2D eigenvalue weighted by atomic mass is 16.5. The highest BCUT2D eigenvalue weighted by Gasteiger charge is 2.28. The van der Waals surface area contributed by atoms with E-state index in [2.05, 4.69) is 0 Å². The molecular weight excluding hydrogens is 180 g/mol. The smallest absolute Gasteiger partial charge is 0.0988 e. The average Bonchev–Trinajstić information content (AvgIpc) is 2.17. The van der Waals surface area contributed by atoms with Gasteiger partial charge in [0.25, 0.3) is 0 Å². The van der Waals surface area contributed by atoms with Crippen molar-refractivity contribution in [1.82, 2.24) is 4.90 Å². The molecule has 0 saturated carbocycles. The molecule has 0 amide bonds. The van der Waals surface area contributed by atoms with Crippen LogP contribution in [0.1, 0.15) is 20.8 Å². The number of amidine groups is 1. The predicted molar refractivity (Wildman–Crippen MR) is 55.6 cm³/mol. The van der Waals surface area contributed by atoms with Gasteiger partial charge in [-0.2, -0.15) is 0 Å². The first-order chi connectivity index (χ1) is 6.56. The average molecular weight is 200 g/mol. The van der Waals surface area contributed by atoms with Crippen LogP contribution in [0, 0.1) is 11.3 Å². The summed E-state index contributed by atoms with van der Waals surface area (Å²) in [6, 6.07) is 0.243. The molecule has 82 valence electrons. The van der Waals surface area contributed by atoms with Crippen molar-refractivity contribution in [3.63, 3.8) is 0 Å². The van der Waals surface area contributed by atoms with Gasteiger partial charge in [0.05, 0.1) is 31.2 Å². The van der Waals surface area contributed by atoms with E-state index in [4.69, 9.17) is 15.3 Å². The van der Waals surface area contributed by atoms with Crippen LogP contribution in [-0.2, 0) is 4.74 Å². The van der Waals surface area contributed by atoms with Crippen molar-refractivity contribution in [3.05, 3.63) is 0 Å². The third-order valence-electron chi connectivity index (χ3n) is 2.57. The van der Waals surface area contributed by atoms with E-state index in [1.54, 1.807) is 0 Å². The summed E-state index contributed by atoms with van der Waals surface area (Å²) < 4.78 is 5.41. The zero-order valence-corrected chi connectivity index (χ0v) is 9.16. The van der Waals surface area contributed by atoms with Crippen LogP contribution < -0.4 is 0 Å². The summed E-state index contributed by atoms with van der Waals surface area (Å²) in [4.78, 5) is 2.02. The highest BCUT2D eigenvalue weighted by molar-refractivity contribution is 5.81. The molecule has 1 fully saturated rings. The first kappa shape index (κ1) is 11.5. The van der Waals surface area contributed by atoms with Crippen molar-refractivity contribution in [2.24, 2.45) is 5.92 Å². The lowest BCUT2D eigenvalue weighted by Crippen LogP contribution is -2.52. The fourth-order valence-electron chi connectivity index (χ4n) is 1.60. The molecule has 1 rings (SSSR count). The fraction of sp³-hybridized carbons (Fsp3) is 0.900. The maximum Gasteiger partial charge on any atom is 0.0988 e. The lowest BCUT2D eigenvalue weighted by molar-refractivity contribution is -0.0573. The van der Waals surface area contributed by atoms with Crippen LogP contribution in [0.15, 0.2) is 0 Å². The number of aliphatic hydroxyl groups is 1. The number of hydrogen-bond acceptors (Lipinski definition) is 3. The van der Waals surface area contributed by atoms with Crippen LogP contribution in [0.3, 0.4) is 0 Å². The van der Waals surface area contributed by atoms with Crippen LogP contribution in [-0.4, -0.2) is 47.7 Å². The molecular formula is C10H20N2O2. The summed E-state index contributed by atoms with van der Waals surface area (Å²) in [5, 5.41) is 16.9. The van der Waals surface area contributed by atoms with Crippen molar-refractivity contribution in [1.29, 1.82) is 5.41 Å². The number of nitrogens with zero attached hydrogens (tertiary/aromatic N) is 1. The van der Waals surface area contributed by atoms with Gasteiger partial charge in [-0.3, -0.25) is 5.41 Å². The minimum Gasteiger partial charge on any atom is -0.394 e. The molecule has 0 bridgehead atoms. The minimum absolute atomic E-state index is 0.0363. The lowest BCUT2D eigenvalue weighted by atomic mass is 10.1. The fourth-order valence-corrected chi connectivity index (χ4v) is 1.60. The summed E-state index contributed by atoms with van der Waals surface area (Å²) in [5.74, 6) is 0.870. The van der Waals surface area contributed by atoms with Crippen molar-refractivity contribution in [2.75, 3.05) is 19.8 Å². The Morgan fingerprint density at radius 3 is 2.79 bits per heavy atom. The molecule has 0 aromatic heterocycles. The normalized spacial score (nSPS) is 28.2. The molecule has 4 heteroatoms. The predicted octanol–water partition coefficient (Wildman–Crippen LogP) is 0.701. The Morgan fingerprint density at radius 2 is 2.29 bits per heavy atom. The molecule has 2 unspecified atom stereocenters. The SMILES string of the molecule is CC(C)C(=N)N1CC(CO)OCC1C. The molecule has 1 heterocycles. The first-order valence-electron chi connectivity index (χ1n) is 5.13. The quantitative estimate of drug-likeness (QED) is 0.509. The minimum atomic E-state index is -0.134. The van der Waals surface area contributed by atoms with E-state index >= 15 is 0 Å². The second-order valence-electron chi connectivity index (χ2n) is 4.18. The number of hydrogen-bond donors (Lipinski definition) is 2. The molecule has 1 aliphatic heterocycles. The Labute approximate surface area is 85.4 Å². The zero-order chi connectivity index (χ0) is 10.7. The second-order valence-corrected chi connectivity index (χ2v) is 4.18. The molecule has 0 radical (unpaired) electrons. The van der Waals surface area contributed by atoms with E-state index in [0.717, 1.165) is 0 Å². The maximum absolute atomic E-state index is 8.99. The van der Waals surface area contributed by atoms with Gasteiger partial charge in [0.1, 0.15) is 0 Å². The highest BCUT2D eigenvalue weighted by Crippen LogP contribution is 2.14. The van der Waals surface area contributed by atoms with E-state index in [1.165, 1.54) is 0 Å². The Kier molecular flexibility index (Phi) is 3.89. The standard InChI is InChI=1S/C10H20N2O2/c1-7(2)10(11)12-4-9(5-13)14-6-8(12)3/h7-9,11,13H,4-6H2,1-3H3. The van der Waals surface area contributed by atoms with Crippen LogP contribution in [0.4, 0.5) is 0 Å².